The normalized spacial score (nSPS) is 19.7. The van der Waals surface area contributed by atoms with Gasteiger partial charge in [0.05, 0.1) is 17.7 Å². The van der Waals surface area contributed by atoms with E-state index < -0.39 is 5.82 Å². The van der Waals surface area contributed by atoms with Crippen LogP contribution in [0, 0.1) is 11.7 Å². The molecular weight excluding hydrogens is 307 g/mol. The molecule has 2 atom stereocenters. The quantitative estimate of drug-likeness (QED) is 0.789. The van der Waals surface area contributed by atoms with Crippen molar-refractivity contribution in [2.75, 3.05) is 26.2 Å². The Labute approximate surface area is 135 Å². The number of hydrogen-bond acceptors (Lipinski definition) is 3. The van der Waals surface area contributed by atoms with E-state index in [0.29, 0.717) is 18.7 Å². The molecule has 1 heterocycles. The van der Waals surface area contributed by atoms with E-state index in [1.165, 1.54) is 13.0 Å². The van der Waals surface area contributed by atoms with Gasteiger partial charge in [-0.1, -0.05) is 23.7 Å². The van der Waals surface area contributed by atoms with Gasteiger partial charge in [-0.05, 0) is 25.5 Å². The first-order chi connectivity index (χ1) is 10.6. The molecule has 1 amide bonds. The summed E-state index contributed by atoms with van der Waals surface area (Å²) >= 11 is 5.90. The smallest absolute Gasteiger partial charge is 0.216 e. The fourth-order valence-corrected chi connectivity index (χ4v) is 2.95. The van der Waals surface area contributed by atoms with E-state index in [0.717, 1.165) is 25.9 Å². The maximum absolute atomic E-state index is 14.3. The summed E-state index contributed by atoms with van der Waals surface area (Å²) in [6.07, 6.45) is 1.66. The zero-order valence-electron chi connectivity index (χ0n) is 12.7. The number of carbonyl (C=O) groups is 1. The number of piperidine rings is 1. The van der Waals surface area contributed by atoms with Crippen molar-refractivity contribution in [1.82, 2.24) is 10.6 Å². The third-order valence-corrected chi connectivity index (χ3v) is 4.12. The van der Waals surface area contributed by atoms with E-state index in [1.54, 1.807) is 12.1 Å². The highest BCUT2D eigenvalue weighted by atomic mass is 35.5. The van der Waals surface area contributed by atoms with Crippen LogP contribution in [0.25, 0.3) is 0 Å². The lowest BCUT2D eigenvalue weighted by Gasteiger charge is -2.31. The van der Waals surface area contributed by atoms with Crippen LogP contribution in [0.5, 0.6) is 0 Å². The van der Waals surface area contributed by atoms with E-state index in [2.05, 4.69) is 10.6 Å². The van der Waals surface area contributed by atoms with Crippen LogP contribution in [0.1, 0.15) is 31.4 Å². The Balaban J connectivity index is 2.10. The predicted octanol–water partition coefficient (Wildman–Crippen LogP) is 2.67. The maximum Gasteiger partial charge on any atom is 0.216 e. The summed E-state index contributed by atoms with van der Waals surface area (Å²) in [5, 5.41) is 6.11. The fourth-order valence-electron chi connectivity index (χ4n) is 2.77. The predicted molar refractivity (Wildman–Crippen MR) is 84.4 cm³/mol. The molecule has 1 aliphatic heterocycles. The minimum atomic E-state index is -0.417. The molecular formula is C16H22ClFN2O2. The van der Waals surface area contributed by atoms with Crippen molar-refractivity contribution in [2.24, 2.45) is 5.92 Å². The molecule has 0 radical (unpaired) electrons. The standard InChI is InChI=1S/C16H22ClFN2O2/c1-11(21)20-8-9-22-16(12-4-3-7-19-10-12)13-5-2-6-14(17)15(13)18/h2,5-6,12,16,19H,3-4,7-10H2,1H3,(H,20,21)/t12-,16+/m1/s1. The summed E-state index contributed by atoms with van der Waals surface area (Å²) in [6, 6.07) is 4.99. The van der Waals surface area contributed by atoms with Crippen LogP contribution in [-0.4, -0.2) is 32.1 Å². The van der Waals surface area contributed by atoms with Crippen molar-refractivity contribution in [1.29, 1.82) is 0 Å². The molecule has 22 heavy (non-hydrogen) atoms. The Hall–Kier alpha value is -1.17. The molecule has 1 aromatic carbocycles. The maximum atomic E-state index is 14.3. The minimum absolute atomic E-state index is 0.103. The number of carbonyl (C=O) groups excluding carboxylic acids is 1. The highest BCUT2D eigenvalue weighted by Gasteiger charge is 2.28. The van der Waals surface area contributed by atoms with Crippen LogP contribution in [0.3, 0.4) is 0 Å². The summed E-state index contributed by atoms with van der Waals surface area (Å²) in [6.45, 7) is 3.98. The Bertz CT molecular complexity index is 507. The van der Waals surface area contributed by atoms with Crippen molar-refractivity contribution < 1.29 is 13.9 Å². The van der Waals surface area contributed by atoms with Gasteiger partial charge >= 0.3 is 0 Å². The molecule has 0 aliphatic carbocycles. The summed E-state index contributed by atoms with van der Waals surface area (Å²) in [7, 11) is 0. The summed E-state index contributed by atoms with van der Waals surface area (Å²) in [5.74, 6) is -0.327. The number of ether oxygens (including phenoxy) is 1. The van der Waals surface area contributed by atoms with Gasteiger partial charge in [0.25, 0.3) is 0 Å². The lowest BCUT2D eigenvalue weighted by molar-refractivity contribution is -0.119. The second-order valence-corrected chi connectivity index (χ2v) is 5.93. The van der Waals surface area contributed by atoms with Crippen molar-refractivity contribution in [3.05, 3.63) is 34.6 Å². The molecule has 6 heteroatoms. The molecule has 0 bridgehead atoms. The summed E-state index contributed by atoms with van der Waals surface area (Å²) < 4.78 is 20.2. The molecule has 0 unspecified atom stereocenters. The molecule has 1 saturated heterocycles. The Morgan fingerprint density at radius 3 is 3.09 bits per heavy atom. The van der Waals surface area contributed by atoms with E-state index >= 15 is 0 Å². The number of amides is 1. The van der Waals surface area contributed by atoms with Gasteiger partial charge in [0.15, 0.2) is 0 Å². The molecule has 0 saturated carbocycles. The largest absolute Gasteiger partial charge is 0.371 e. The molecule has 1 fully saturated rings. The molecule has 1 aliphatic rings. The Kier molecular flexibility index (Phi) is 6.61. The first-order valence-corrected chi connectivity index (χ1v) is 7.98. The second-order valence-electron chi connectivity index (χ2n) is 5.52. The molecule has 2 rings (SSSR count). The van der Waals surface area contributed by atoms with Gasteiger partial charge in [-0.15, -0.1) is 0 Å². The number of hydrogen-bond donors (Lipinski definition) is 2. The van der Waals surface area contributed by atoms with Crippen LogP contribution in [0.15, 0.2) is 18.2 Å². The van der Waals surface area contributed by atoms with Gasteiger partial charge in [-0.3, -0.25) is 4.79 Å². The molecule has 4 nitrogen and oxygen atoms in total. The van der Waals surface area contributed by atoms with Gasteiger partial charge in [0.2, 0.25) is 5.91 Å². The zero-order valence-corrected chi connectivity index (χ0v) is 13.5. The molecule has 2 N–H and O–H groups in total. The highest BCUT2D eigenvalue weighted by molar-refractivity contribution is 6.30. The number of halogens is 2. The lowest BCUT2D eigenvalue weighted by Crippen LogP contribution is -2.35. The van der Waals surface area contributed by atoms with Crippen molar-refractivity contribution in [3.8, 4) is 0 Å². The topological polar surface area (TPSA) is 50.4 Å². The van der Waals surface area contributed by atoms with Crippen molar-refractivity contribution in [3.63, 3.8) is 0 Å². The molecule has 0 spiro atoms. The van der Waals surface area contributed by atoms with E-state index in [9.17, 15) is 9.18 Å². The fraction of sp³-hybridized carbons (Fsp3) is 0.562. The Morgan fingerprint density at radius 2 is 2.41 bits per heavy atom. The lowest BCUT2D eigenvalue weighted by atomic mass is 9.89. The number of rotatable bonds is 6. The van der Waals surface area contributed by atoms with Gasteiger partial charge in [-0.2, -0.15) is 0 Å². The first kappa shape index (κ1) is 17.2. The first-order valence-electron chi connectivity index (χ1n) is 7.60. The molecule has 1 aromatic rings. The third-order valence-electron chi connectivity index (χ3n) is 3.82. The zero-order chi connectivity index (χ0) is 15.9. The van der Waals surface area contributed by atoms with Gasteiger partial charge in [0, 0.05) is 31.5 Å². The van der Waals surface area contributed by atoms with Gasteiger partial charge in [0.1, 0.15) is 5.82 Å². The van der Waals surface area contributed by atoms with Crippen molar-refractivity contribution >= 4 is 17.5 Å². The third kappa shape index (κ3) is 4.66. The molecule has 122 valence electrons. The van der Waals surface area contributed by atoms with Crippen LogP contribution in [-0.2, 0) is 9.53 Å². The number of nitrogens with one attached hydrogen (secondary N) is 2. The Morgan fingerprint density at radius 1 is 1.59 bits per heavy atom. The number of benzene rings is 1. The van der Waals surface area contributed by atoms with E-state index in [-0.39, 0.29) is 23.0 Å². The average Bonchev–Trinajstić information content (AvgIpc) is 2.51. The molecule has 0 aromatic heterocycles. The van der Waals surface area contributed by atoms with Crippen LogP contribution < -0.4 is 10.6 Å². The van der Waals surface area contributed by atoms with Crippen molar-refractivity contribution in [2.45, 2.75) is 25.9 Å². The van der Waals surface area contributed by atoms with Crippen LogP contribution in [0.4, 0.5) is 4.39 Å². The summed E-state index contributed by atoms with van der Waals surface area (Å²) in [5.41, 5.74) is 0.490. The average molecular weight is 329 g/mol. The second kappa shape index (κ2) is 8.46. The highest BCUT2D eigenvalue weighted by Crippen LogP contribution is 2.34. The monoisotopic (exact) mass is 328 g/mol. The van der Waals surface area contributed by atoms with Gasteiger partial charge < -0.3 is 15.4 Å². The van der Waals surface area contributed by atoms with Gasteiger partial charge in [-0.25, -0.2) is 4.39 Å². The SMILES string of the molecule is CC(=O)NCCO[C@H](c1cccc(Cl)c1F)[C@@H]1CCCNC1. The van der Waals surface area contributed by atoms with E-state index in [4.69, 9.17) is 16.3 Å². The van der Waals surface area contributed by atoms with E-state index in [1.807, 2.05) is 0 Å². The van der Waals surface area contributed by atoms with Crippen LogP contribution >= 0.6 is 11.6 Å². The van der Waals surface area contributed by atoms with Crippen LogP contribution in [0.2, 0.25) is 5.02 Å². The summed E-state index contributed by atoms with van der Waals surface area (Å²) in [4.78, 5) is 10.9. The minimum Gasteiger partial charge on any atom is -0.371 e.